The average molecular weight is 209 g/mol. The van der Waals surface area contributed by atoms with E-state index in [2.05, 4.69) is 41.5 Å². The van der Waals surface area contributed by atoms with Crippen molar-refractivity contribution in [1.29, 1.82) is 0 Å². The third-order valence-electron chi connectivity index (χ3n) is 6.79. The molecule has 0 aromatic carbocycles. The summed E-state index contributed by atoms with van der Waals surface area (Å²) in [4.78, 5) is 0. The van der Waals surface area contributed by atoms with Crippen LogP contribution < -0.4 is 5.73 Å². The van der Waals surface area contributed by atoms with Gasteiger partial charge in [-0.1, -0.05) is 41.5 Å². The van der Waals surface area contributed by atoms with Gasteiger partial charge in [0, 0.05) is 6.04 Å². The highest BCUT2D eigenvalue weighted by molar-refractivity contribution is 5.23. The maximum Gasteiger partial charge on any atom is 0.0101 e. The van der Waals surface area contributed by atoms with Crippen LogP contribution in [0.25, 0.3) is 0 Å². The summed E-state index contributed by atoms with van der Waals surface area (Å²) in [6, 6.07) is 0.421. The minimum absolute atomic E-state index is 0.394. The van der Waals surface area contributed by atoms with Gasteiger partial charge >= 0.3 is 0 Å². The second kappa shape index (κ2) is 2.80. The molecule has 2 saturated carbocycles. The number of rotatable bonds is 1. The molecule has 5 unspecified atom stereocenters. The lowest BCUT2D eigenvalue weighted by Crippen LogP contribution is -2.66. The lowest BCUT2D eigenvalue weighted by molar-refractivity contribution is -0.215. The fourth-order valence-corrected chi connectivity index (χ4v) is 5.00. The molecule has 2 aliphatic rings. The van der Waals surface area contributed by atoms with Crippen molar-refractivity contribution in [3.63, 3.8) is 0 Å². The molecule has 2 rings (SSSR count). The highest BCUT2D eigenvalue weighted by atomic mass is 14.9. The summed E-state index contributed by atoms with van der Waals surface area (Å²) in [5, 5.41) is 0. The van der Waals surface area contributed by atoms with Crippen molar-refractivity contribution in [3.05, 3.63) is 0 Å². The molecule has 1 heteroatoms. The van der Waals surface area contributed by atoms with Gasteiger partial charge in [0.2, 0.25) is 0 Å². The summed E-state index contributed by atoms with van der Waals surface area (Å²) in [5.41, 5.74) is 7.69. The topological polar surface area (TPSA) is 26.0 Å². The molecule has 0 radical (unpaired) electrons. The number of hydrogen-bond donors (Lipinski definition) is 1. The Labute approximate surface area is 94.8 Å². The fourth-order valence-electron chi connectivity index (χ4n) is 5.00. The molecule has 2 N–H and O–H groups in total. The monoisotopic (exact) mass is 209 g/mol. The van der Waals surface area contributed by atoms with Crippen LogP contribution in [-0.2, 0) is 0 Å². The summed E-state index contributed by atoms with van der Waals surface area (Å²) >= 11 is 0. The predicted molar refractivity (Wildman–Crippen MR) is 65.5 cm³/mol. The van der Waals surface area contributed by atoms with Gasteiger partial charge in [-0.25, -0.2) is 0 Å². The molecule has 0 spiro atoms. The van der Waals surface area contributed by atoms with Crippen molar-refractivity contribution in [2.24, 2.45) is 33.8 Å². The van der Waals surface area contributed by atoms with Gasteiger partial charge in [-0.2, -0.15) is 0 Å². The standard InChI is InChI=1S/C14H27N/c1-9(2)12(4)8-13(5)11(15)7-10(3)14(12,13)6/h9-11H,7-8,15H2,1-6H3. The average Bonchev–Trinajstić information content (AvgIpc) is 2.26. The third kappa shape index (κ3) is 0.945. The SMILES string of the molecule is CC(C)C1(C)CC2(C)C(N)CC(C)C12C. The van der Waals surface area contributed by atoms with Gasteiger partial charge in [0.05, 0.1) is 0 Å². The molecular formula is C14H27N. The molecular weight excluding hydrogens is 182 g/mol. The smallest absolute Gasteiger partial charge is 0.0101 e. The number of fused-ring (bicyclic) bond motifs is 1. The van der Waals surface area contributed by atoms with Crippen molar-refractivity contribution in [2.45, 2.75) is 60.4 Å². The highest BCUT2D eigenvalue weighted by Crippen LogP contribution is 2.78. The van der Waals surface area contributed by atoms with Gasteiger partial charge in [-0.3, -0.25) is 0 Å². The highest BCUT2D eigenvalue weighted by Gasteiger charge is 2.73. The summed E-state index contributed by atoms with van der Waals surface area (Å²) in [5.74, 6) is 1.54. The molecule has 2 fully saturated rings. The van der Waals surface area contributed by atoms with Crippen molar-refractivity contribution in [3.8, 4) is 0 Å². The zero-order valence-corrected chi connectivity index (χ0v) is 11.2. The zero-order chi connectivity index (χ0) is 11.6. The lowest BCUT2D eigenvalue weighted by atomic mass is 9.34. The van der Waals surface area contributed by atoms with E-state index in [1.807, 2.05) is 0 Å². The molecule has 0 saturated heterocycles. The molecule has 15 heavy (non-hydrogen) atoms. The van der Waals surface area contributed by atoms with Crippen LogP contribution in [0, 0.1) is 28.1 Å². The van der Waals surface area contributed by atoms with E-state index in [1.54, 1.807) is 0 Å². The zero-order valence-electron chi connectivity index (χ0n) is 11.2. The van der Waals surface area contributed by atoms with E-state index in [0.717, 1.165) is 11.8 Å². The lowest BCUT2D eigenvalue weighted by Gasteiger charge is -2.70. The maximum absolute atomic E-state index is 6.35. The van der Waals surface area contributed by atoms with Crippen LogP contribution in [0.2, 0.25) is 0 Å². The Morgan fingerprint density at radius 2 is 1.73 bits per heavy atom. The first-order valence-corrected chi connectivity index (χ1v) is 6.46. The Morgan fingerprint density at radius 1 is 1.20 bits per heavy atom. The van der Waals surface area contributed by atoms with E-state index in [0.29, 0.717) is 22.3 Å². The van der Waals surface area contributed by atoms with Gasteiger partial charge in [0.1, 0.15) is 0 Å². The van der Waals surface area contributed by atoms with Gasteiger partial charge in [-0.15, -0.1) is 0 Å². The first-order chi connectivity index (χ1) is 6.70. The first kappa shape index (κ1) is 11.4. The van der Waals surface area contributed by atoms with Crippen LogP contribution in [-0.4, -0.2) is 6.04 Å². The molecule has 5 atom stereocenters. The maximum atomic E-state index is 6.35. The van der Waals surface area contributed by atoms with Crippen LogP contribution >= 0.6 is 0 Å². The van der Waals surface area contributed by atoms with E-state index in [4.69, 9.17) is 5.73 Å². The Hall–Kier alpha value is -0.0400. The quantitative estimate of drug-likeness (QED) is 0.703. The number of hydrogen-bond acceptors (Lipinski definition) is 1. The van der Waals surface area contributed by atoms with Crippen LogP contribution in [0.4, 0.5) is 0 Å². The summed E-state index contributed by atoms with van der Waals surface area (Å²) in [6.45, 7) is 14.6. The second-order valence-corrected chi connectivity index (χ2v) is 7.11. The third-order valence-corrected chi connectivity index (χ3v) is 6.79. The summed E-state index contributed by atoms with van der Waals surface area (Å²) in [7, 11) is 0. The molecule has 0 amide bonds. The van der Waals surface area contributed by atoms with E-state index in [-0.39, 0.29) is 0 Å². The van der Waals surface area contributed by atoms with Crippen LogP contribution in [0.15, 0.2) is 0 Å². The fraction of sp³-hybridized carbons (Fsp3) is 1.00. The summed E-state index contributed by atoms with van der Waals surface area (Å²) < 4.78 is 0. The Kier molecular flexibility index (Phi) is 2.13. The summed E-state index contributed by atoms with van der Waals surface area (Å²) in [6.07, 6.45) is 2.54. The van der Waals surface area contributed by atoms with Gasteiger partial charge < -0.3 is 5.73 Å². The van der Waals surface area contributed by atoms with Gasteiger partial charge in [0.25, 0.3) is 0 Å². The first-order valence-electron chi connectivity index (χ1n) is 6.46. The van der Waals surface area contributed by atoms with E-state index >= 15 is 0 Å². The molecule has 0 heterocycles. The van der Waals surface area contributed by atoms with Gasteiger partial charge in [-0.05, 0) is 40.9 Å². The minimum atomic E-state index is 0.394. The van der Waals surface area contributed by atoms with Crippen molar-refractivity contribution in [2.75, 3.05) is 0 Å². The molecule has 0 aromatic heterocycles. The Morgan fingerprint density at radius 3 is 2.13 bits per heavy atom. The largest absolute Gasteiger partial charge is 0.327 e. The molecule has 2 aliphatic carbocycles. The van der Waals surface area contributed by atoms with Crippen LogP contribution in [0.3, 0.4) is 0 Å². The minimum Gasteiger partial charge on any atom is -0.327 e. The van der Waals surface area contributed by atoms with Gasteiger partial charge in [0.15, 0.2) is 0 Å². The molecule has 0 aromatic rings. The molecule has 88 valence electrons. The van der Waals surface area contributed by atoms with Crippen molar-refractivity contribution in [1.82, 2.24) is 0 Å². The molecule has 0 bridgehead atoms. The van der Waals surface area contributed by atoms with E-state index in [1.165, 1.54) is 12.8 Å². The second-order valence-electron chi connectivity index (χ2n) is 7.11. The molecule has 1 nitrogen and oxygen atoms in total. The van der Waals surface area contributed by atoms with Crippen molar-refractivity contribution >= 4 is 0 Å². The van der Waals surface area contributed by atoms with Crippen molar-refractivity contribution < 1.29 is 0 Å². The van der Waals surface area contributed by atoms with Crippen LogP contribution in [0.5, 0.6) is 0 Å². The van der Waals surface area contributed by atoms with E-state index < -0.39 is 0 Å². The predicted octanol–water partition coefficient (Wildman–Crippen LogP) is 3.43. The molecule has 0 aliphatic heterocycles. The Bertz CT molecular complexity index is 285. The van der Waals surface area contributed by atoms with E-state index in [9.17, 15) is 0 Å². The number of nitrogens with two attached hydrogens (primary N) is 1. The Balaban J connectivity index is 2.42. The van der Waals surface area contributed by atoms with Crippen LogP contribution in [0.1, 0.15) is 54.4 Å². The normalized spacial score (nSPS) is 59.2.